The molecule has 1 aromatic carbocycles. The Morgan fingerprint density at radius 1 is 1.43 bits per heavy atom. The van der Waals surface area contributed by atoms with Crippen molar-refractivity contribution >= 4 is 21.6 Å². The molecule has 116 valence electrons. The van der Waals surface area contributed by atoms with E-state index in [1.165, 1.54) is 29.6 Å². The standard InChI is InChI=1S/C14H20ClN3O2S/c1-10(2)14(17)6-7-18(3)21(19,20)12-4-5-13(15)11(8-12)9-16/h4-5,8,10,14H,6-7,17H2,1-3H3. The van der Waals surface area contributed by atoms with Crippen molar-refractivity contribution in [2.24, 2.45) is 11.7 Å². The van der Waals surface area contributed by atoms with Gasteiger partial charge in [-0.25, -0.2) is 12.7 Å². The lowest BCUT2D eigenvalue weighted by Gasteiger charge is -2.21. The molecule has 0 radical (unpaired) electrons. The molecule has 0 bridgehead atoms. The summed E-state index contributed by atoms with van der Waals surface area (Å²) < 4.78 is 26.1. The Labute approximate surface area is 131 Å². The minimum Gasteiger partial charge on any atom is -0.327 e. The van der Waals surface area contributed by atoms with E-state index in [0.29, 0.717) is 18.9 Å². The predicted molar refractivity (Wildman–Crippen MR) is 83.4 cm³/mol. The second kappa shape index (κ2) is 7.23. The zero-order chi connectivity index (χ0) is 16.2. The van der Waals surface area contributed by atoms with Gasteiger partial charge in [0.15, 0.2) is 0 Å². The number of halogens is 1. The molecule has 1 rings (SSSR count). The van der Waals surface area contributed by atoms with E-state index in [2.05, 4.69) is 0 Å². The van der Waals surface area contributed by atoms with E-state index in [4.69, 9.17) is 22.6 Å². The second-order valence-electron chi connectivity index (χ2n) is 5.28. The van der Waals surface area contributed by atoms with Gasteiger partial charge in [0.25, 0.3) is 0 Å². The third-order valence-corrected chi connectivity index (χ3v) is 5.58. The Bertz CT molecular complexity index is 638. The molecule has 0 saturated carbocycles. The lowest BCUT2D eigenvalue weighted by molar-refractivity contribution is 0.397. The summed E-state index contributed by atoms with van der Waals surface area (Å²) >= 11 is 5.82. The first-order chi connectivity index (χ1) is 9.70. The van der Waals surface area contributed by atoms with Crippen LogP contribution in [-0.2, 0) is 10.0 Å². The van der Waals surface area contributed by atoms with E-state index in [-0.39, 0.29) is 21.5 Å². The molecule has 0 saturated heterocycles. The number of hydrogen-bond acceptors (Lipinski definition) is 4. The van der Waals surface area contributed by atoms with Crippen molar-refractivity contribution in [2.75, 3.05) is 13.6 Å². The summed E-state index contributed by atoms with van der Waals surface area (Å²) in [6, 6.07) is 5.93. The average Bonchev–Trinajstić information content (AvgIpc) is 2.44. The molecule has 21 heavy (non-hydrogen) atoms. The highest BCUT2D eigenvalue weighted by Gasteiger charge is 2.22. The van der Waals surface area contributed by atoms with Crippen LogP contribution in [-0.4, -0.2) is 32.4 Å². The molecular weight excluding hydrogens is 310 g/mol. The Morgan fingerprint density at radius 3 is 2.57 bits per heavy atom. The van der Waals surface area contributed by atoms with Crippen LogP contribution in [0.2, 0.25) is 5.02 Å². The third-order valence-electron chi connectivity index (χ3n) is 3.40. The van der Waals surface area contributed by atoms with Crippen molar-refractivity contribution in [2.45, 2.75) is 31.2 Å². The average molecular weight is 330 g/mol. The van der Waals surface area contributed by atoms with Crippen molar-refractivity contribution in [1.82, 2.24) is 4.31 Å². The molecule has 0 aliphatic heterocycles. The smallest absolute Gasteiger partial charge is 0.242 e. The molecule has 0 fully saturated rings. The van der Waals surface area contributed by atoms with Crippen LogP contribution < -0.4 is 5.73 Å². The molecule has 7 heteroatoms. The highest BCUT2D eigenvalue weighted by molar-refractivity contribution is 7.89. The van der Waals surface area contributed by atoms with E-state index in [1.54, 1.807) is 0 Å². The van der Waals surface area contributed by atoms with E-state index in [1.807, 2.05) is 19.9 Å². The Morgan fingerprint density at radius 2 is 2.05 bits per heavy atom. The summed E-state index contributed by atoms with van der Waals surface area (Å²) in [7, 11) is -2.14. The van der Waals surface area contributed by atoms with Crippen molar-refractivity contribution < 1.29 is 8.42 Å². The first-order valence-electron chi connectivity index (χ1n) is 6.61. The number of nitrogens with zero attached hydrogens (tertiary/aromatic N) is 2. The number of nitrogens with two attached hydrogens (primary N) is 1. The Hall–Kier alpha value is -1.13. The van der Waals surface area contributed by atoms with E-state index >= 15 is 0 Å². The van der Waals surface area contributed by atoms with E-state index < -0.39 is 10.0 Å². The van der Waals surface area contributed by atoms with Gasteiger partial charge in [-0.2, -0.15) is 5.26 Å². The number of hydrogen-bond donors (Lipinski definition) is 1. The molecule has 0 aliphatic carbocycles. The van der Waals surface area contributed by atoms with E-state index in [0.717, 1.165) is 0 Å². The summed E-state index contributed by atoms with van der Waals surface area (Å²) in [5.41, 5.74) is 6.07. The summed E-state index contributed by atoms with van der Waals surface area (Å²) in [5, 5.41) is 9.16. The molecule has 0 aliphatic rings. The van der Waals surface area contributed by atoms with Gasteiger partial charge < -0.3 is 5.73 Å². The van der Waals surface area contributed by atoms with Gasteiger partial charge in [-0.15, -0.1) is 0 Å². The highest BCUT2D eigenvalue weighted by Crippen LogP contribution is 2.22. The Kier molecular flexibility index (Phi) is 6.17. The highest BCUT2D eigenvalue weighted by atomic mass is 35.5. The molecule has 1 unspecified atom stereocenters. The molecule has 0 spiro atoms. The van der Waals surface area contributed by atoms with Gasteiger partial charge in [0.1, 0.15) is 6.07 Å². The van der Waals surface area contributed by atoms with Gasteiger partial charge >= 0.3 is 0 Å². The minimum atomic E-state index is -3.64. The van der Waals surface area contributed by atoms with Crippen molar-refractivity contribution in [3.63, 3.8) is 0 Å². The molecule has 2 N–H and O–H groups in total. The number of sulfonamides is 1. The maximum absolute atomic E-state index is 12.4. The maximum atomic E-state index is 12.4. The normalized spacial score (nSPS) is 13.4. The van der Waals surface area contributed by atoms with Crippen LogP contribution in [0, 0.1) is 17.2 Å². The summed E-state index contributed by atoms with van der Waals surface area (Å²) in [6.45, 7) is 4.32. The van der Waals surface area contributed by atoms with Gasteiger partial charge in [-0.05, 0) is 30.5 Å². The van der Waals surface area contributed by atoms with Gasteiger partial charge in [0.2, 0.25) is 10.0 Å². The van der Waals surface area contributed by atoms with E-state index in [9.17, 15) is 8.42 Å². The Balaban J connectivity index is 2.93. The SMILES string of the molecule is CC(C)C(N)CCN(C)S(=O)(=O)c1ccc(Cl)c(C#N)c1. The lowest BCUT2D eigenvalue weighted by atomic mass is 10.0. The molecule has 1 aromatic rings. The van der Waals surface area contributed by atoms with Gasteiger partial charge in [-0.3, -0.25) is 0 Å². The zero-order valence-corrected chi connectivity index (χ0v) is 13.9. The van der Waals surface area contributed by atoms with Gasteiger partial charge in [-0.1, -0.05) is 25.4 Å². The topological polar surface area (TPSA) is 87.2 Å². The first-order valence-corrected chi connectivity index (χ1v) is 8.43. The predicted octanol–water partition coefficient (Wildman–Crippen LogP) is 2.21. The number of benzene rings is 1. The molecule has 0 amide bonds. The molecule has 0 heterocycles. The van der Waals surface area contributed by atoms with Crippen LogP contribution in [0.25, 0.3) is 0 Å². The number of nitriles is 1. The number of rotatable bonds is 6. The van der Waals surface area contributed by atoms with Crippen LogP contribution in [0.5, 0.6) is 0 Å². The first kappa shape index (κ1) is 17.9. The van der Waals surface area contributed by atoms with Crippen LogP contribution in [0.3, 0.4) is 0 Å². The molecule has 0 aromatic heterocycles. The monoisotopic (exact) mass is 329 g/mol. The van der Waals surface area contributed by atoms with Crippen LogP contribution in [0.4, 0.5) is 0 Å². The summed E-state index contributed by atoms with van der Waals surface area (Å²) in [5.74, 6) is 0.293. The summed E-state index contributed by atoms with van der Waals surface area (Å²) in [4.78, 5) is 0.0593. The van der Waals surface area contributed by atoms with Gasteiger partial charge in [0, 0.05) is 19.6 Å². The van der Waals surface area contributed by atoms with Crippen LogP contribution in [0.1, 0.15) is 25.8 Å². The molecular formula is C14H20ClN3O2S. The fourth-order valence-electron chi connectivity index (χ4n) is 1.71. The minimum absolute atomic E-state index is 0.0532. The molecule has 5 nitrogen and oxygen atoms in total. The zero-order valence-electron chi connectivity index (χ0n) is 12.4. The largest absolute Gasteiger partial charge is 0.327 e. The molecule has 1 atom stereocenters. The van der Waals surface area contributed by atoms with Crippen LogP contribution >= 0.6 is 11.6 Å². The third kappa shape index (κ3) is 4.42. The van der Waals surface area contributed by atoms with Crippen molar-refractivity contribution in [3.05, 3.63) is 28.8 Å². The van der Waals surface area contributed by atoms with Crippen LogP contribution in [0.15, 0.2) is 23.1 Å². The second-order valence-corrected chi connectivity index (χ2v) is 7.73. The van der Waals surface area contributed by atoms with Gasteiger partial charge in [0.05, 0.1) is 15.5 Å². The van der Waals surface area contributed by atoms with Crippen molar-refractivity contribution in [3.8, 4) is 6.07 Å². The fraction of sp³-hybridized carbons (Fsp3) is 0.500. The van der Waals surface area contributed by atoms with Crippen molar-refractivity contribution in [1.29, 1.82) is 5.26 Å². The summed E-state index contributed by atoms with van der Waals surface area (Å²) in [6.07, 6.45) is 0.575. The quantitative estimate of drug-likeness (QED) is 0.866. The maximum Gasteiger partial charge on any atom is 0.242 e. The lowest BCUT2D eigenvalue weighted by Crippen LogP contribution is -2.34. The fourth-order valence-corrected chi connectivity index (χ4v) is 3.09.